The first-order valence-electron chi connectivity index (χ1n) is 7.99. The lowest BCUT2D eigenvalue weighted by Gasteiger charge is -2.25. The first kappa shape index (κ1) is 16.7. The first-order chi connectivity index (χ1) is 11.7. The second kappa shape index (κ2) is 7.58. The lowest BCUT2D eigenvalue weighted by Crippen LogP contribution is -2.34. The van der Waals surface area contributed by atoms with Crippen LogP contribution in [0.3, 0.4) is 0 Å². The third-order valence-electron chi connectivity index (χ3n) is 4.23. The molecule has 2 aromatic rings. The molecule has 0 spiro atoms. The van der Waals surface area contributed by atoms with Crippen LogP contribution in [0.15, 0.2) is 48.5 Å². The fourth-order valence-electron chi connectivity index (χ4n) is 3.02. The summed E-state index contributed by atoms with van der Waals surface area (Å²) in [6.07, 6.45) is 1.97. The van der Waals surface area contributed by atoms with Crippen molar-refractivity contribution in [1.29, 1.82) is 0 Å². The van der Waals surface area contributed by atoms with Crippen molar-refractivity contribution in [3.8, 4) is 11.5 Å². The molecule has 1 fully saturated rings. The quantitative estimate of drug-likeness (QED) is 0.819. The fourth-order valence-corrected chi connectivity index (χ4v) is 3.20. The minimum atomic E-state index is -0.00621. The molecule has 5 heteroatoms. The highest BCUT2D eigenvalue weighted by atomic mass is 35.5. The zero-order chi connectivity index (χ0) is 16.9. The highest BCUT2D eigenvalue weighted by Crippen LogP contribution is 2.32. The van der Waals surface area contributed by atoms with Crippen LogP contribution in [0.2, 0.25) is 5.02 Å². The summed E-state index contributed by atoms with van der Waals surface area (Å²) in [4.78, 5) is 14.4. The summed E-state index contributed by atoms with van der Waals surface area (Å²) in [6.45, 7) is 0.779. The maximum atomic E-state index is 12.6. The fraction of sp³-hybridized carbons (Fsp3) is 0.316. The summed E-state index contributed by atoms with van der Waals surface area (Å²) in [7, 11) is 1.65. The lowest BCUT2D eigenvalue weighted by atomic mass is 10.0. The van der Waals surface area contributed by atoms with Crippen molar-refractivity contribution in [1.82, 2.24) is 4.90 Å². The second-order valence-electron chi connectivity index (χ2n) is 5.76. The molecule has 0 aromatic heterocycles. The summed E-state index contributed by atoms with van der Waals surface area (Å²) in [5.41, 5.74) is 1.13. The van der Waals surface area contributed by atoms with Crippen LogP contribution in [0.5, 0.6) is 11.5 Å². The van der Waals surface area contributed by atoms with E-state index >= 15 is 0 Å². The number of benzene rings is 2. The first-order valence-corrected chi connectivity index (χ1v) is 8.37. The van der Waals surface area contributed by atoms with Gasteiger partial charge in [-0.05, 0) is 48.7 Å². The number of carbonyl (C=O) groups is 1. The minimum Gasteiger partial charge on any atom is -0.497 e. The molecule has 0 saturated carbocycles. The van der Waals surface area contributed by atoms with Crippen molar-refractivity contribution in [2.75, 3.05) is 20.3 Å². The molecule has 24 heavy (non-hydrogen) atoms. The number of halogens is 1. The van der Waals surface area contributed by atoms with E-state index in [0.717, 1.165) is 30.7 Å². The number of nitrogens with zero attached hydrogens (tertiary/aromatic N) is 1. The van der Waals surface area contributed by atoms with Crippen molar-refractivity contribution in [3.63, 3.8) is 0 Å². The monoisotopic (exact) mass is 345 g/mol. The molecule has 1 aliphatic heterocycles. The summed E-state index contributed by atoms with van der Waals surface area (Å²) < 4.78 is 10.8. The van der Waals surface area contributed by atoms with Crippen molar-refractivity contribution in [2.45, 2.75) is 18.9 Å². The van der Waals surface area contributed by atoms with Gasteiger partial charge in [-0.15, -0.1) is 0 Å². The Morgan fingerprint density at radius 3 is 2.71 bits per heavy atom. The molecule has 1 saturated heterocycles. The molecule has 126 valence electrons. The van der Waals surface area contributed by atoms with E-state index in [1.165, 1.54) is 0 Å². The van der Waals surface area contributed by atoms with Crippen LogP contribution < -0.4 is 9.47 Å². The Labute approximate surface area is 146 Å². The van der Waals surface area contributed by atoms with Gasteiger partial charge in [-0.25, -0.2) is 0 Å². The van der Waals surface area contributed by atoms with Gasteiger partial charge in [-0.1, -0.05) is 29.8 Å². The van der Waals surface area contributed by atoms with Gasteiger partial charge in [0.05, 0.1) is 13.2 Å². The Bertz CT molecular complexity index is 702. The van der Waals surface area contributed by atoms with Gasteiger partial charge >= 0.3 is 0 Å². The van der Waals surface area contributed by atoms with E-state index in [1.807, 2.05) is 29.2 Å². The van der Waals surface area contributed by atoms with E-state index in [0.29, 0.717) is 10.8 Å². The van der Waals surface area contributed by atoms with E-state index in [2.05, 4.69) is 0 Å². The third-order valence-corrected chi connectivity index (χ3v) is 4.47. The van der Waals surface area contributed by atoms with Crippen LogP contribution in [0, 0.1) is 0 Å². The standard InChI is InChI=1S/C19H20ClNO3/c1-23-16-9-7-14(8-10-16)18-6-3-11-21(18)19(22)13-24-17-5-2-4-15(20)12-17/h2,4-5,7-10,12,18H,3,6,11,13H2,1H3/t18-/m0/s1. The van der Waals surface area contributed by atoms with E-state index < -0.39 is 0 Å². The maximum Gasteiger partial charge on any atom is 0.261 e. The highest BCUT2D eigenvalue weighted by Gasteiger charge is 2.30. The molecule has 2 aromatic carbocycles. The van der Waals surface area contributed by atoms with Gasteiger partial charge in [0.25, 0.3) is 5.91 Å². The van der Waals surface area contributed by atoms with Crippen molar-refractivity contribution < 1.29 is 14.3 Å². The summed E-state index contributed by atoms with van der Waals surface area (Å²) in [5, 5.41) is 0.595. The van der Waals surface area contributed by atoms with Crippen LogP contribution in [-0.4, -0.2) is 31.1 Å². The smallest absolute Gasteiger partial charge is 0.261 e. The number of amides is 1. The highest BCUT2D eigenvalue weighted by molar-refractivity contribution is 6.30. The Hall–Kier alpha value is -2.20. The number of rotatable bonds is 5. The van der Waals surface area contributed by atoms with Crippen molar-refractivity contribution >= 4 is 17.5 Å². The Morgan fingerprint density at radius 1 is 1.21 bits per heavy atom. The average Bonchev–Trinajstić information content (AvgIpc) is 3.09. The molecule has 3 rings (SSSR count). The second-order valence-corrected chi connectivity index (χ2v) is 6.20. The van der Waals surface area contributed by atoms with Crippen molar-refractivity contribution in [3.05, 3.63) is 59.1 Å². The van der Waals surface area contributed by atoms with Gasteiger partial charge in [0.15, 0.2) is 6.61 Å². The molecular formula is C19H20ClNO3. The Morgan fingerprint density at radius 2 is 2.00 bits per heavy atom. The average molecular weight is 346 g/mol. The summed E-state index contributed by atoms with van der Waals surface area (Å²) in [5.74, 6) is 1.42. The van der Waals surface area contributed by atoms with Crippen LogP contribution in [-0.2, 0) is 4.79 Å². The number of hydrogen-bond donors (Lipinski definition) is 0. The molecule has 0 aliphatic carbocycles. The zero-order valence-electron chi connectivity index (χ0n) is 13.6. The predicted molar refractivity (Wildman–Crippen MR) is 93.6 cm³/mol. The van der Waals surface area contributed by atoms with Gasteiger partial charge < -0.3 is 14.4 Å². The lowest BCUT2D eigenvalue weighted by molar-refractivity contribution is -0.134. The molecule has 1 heterocycles. The SMILES string of the molecule is COc1ccc([C@@H]2CCCN2C(=O)COc2cccc(Cl)c2)cc1. The summed E-state index contributed by atoms with van der Waals surface area (Å²) in [6, 6.07) is 15.1. The molecule has 1 amide bonds. The zero-order valence-corrected chi connectivity index (χ0v) is 14.3. The molecule has 1 aliphatic rings. The topological polar surface area (TPSA) is 38.8 Å². The molecule has 0 N–H and O–H groups in total. The minimum absolute atomic E-state index is 0.00621. The molecule has 0 radical (unpaired) electrons. The van der Waals surface area contributed by atoms with Gasteiger partial charge in [0.1, 0.15) is 11.5 Å². The maximum absolute atomic E-state index is 12.6. The Balaban J connectivity index is 1.64. The van der Waals surface area contributed by atoms with Crippen LogP contribution in [0.25, 0.3) is 0 Å². The van der Waals surface area contributed by atoms with Crippen molar-refractivity contribution in [2.24, 2.45) is 0 Å². The molecule has 0 unspecified atom stereocenters. The number of methoxy groups -OCH3 is 1. The number of likely N-dealkylation sites (tertiary alicyclic amines) is 1. The molecule has 4 nitrogen and oxygen atoms in total. The van der Waals surface area contributed by atoms with Gasteiger partial charge in [-0.2, -0.15) is 0 Å². The molecular weight excluding hydrogens is 326 g/mol. The molecule has 1 atom stereocenters. The normalized spacial score (nSPS) is 16.9. The largest absolute Gasteiger partial charge is 0.497 e. The number of ether oxygens (including phenoxy) is 2. The number of carbonyl (C=O) groups excluding carboxylic acids is 1. The molecule has 0 bridgehead atoms. The van der Waals surface area contributed by atoms with Crippen LogP contribution in [0.4, 0.5) is 0 Å². The number of hydrogen-bond acceptors (Lipinski definition) is 3. The van der Waals surface area contributed by atoms with Crippen LogP contribution >= 0.6 is 11.6 Å². The predicted octanol–water partition coefficient (Wildman–Crippen LogP) is 4.09. The van der Waals surface area contributed by atoms with Crippen LogP contribution in [0.1, 0.15) is 24.4 Å². The van der Waals surface area contributed by atoms with E-state index in [-0.39, 0.29) is 18.6 Å². The van der Waals surface area contributed by atoms with Gasteiger partial charge in [0.2, 0.25) is 0 Å². The third kappa shape index (κ3) is 3.82. The van der Waals surface area contributed by atoms with E-state index in [1.54, 1.807) is 31.4 Å². The van der Waals surface area contributed by atoms with Gasteiger partial charge in [0, 0.05) is 11.6 Å². The van der Waals surface area contributed by atoms with E-state index in [4.69, 9.17) is 21.1 Å². The Kier molecular flexibility index (Phi) is 5.26. The van der Waals surface area contributed by atoms with E-state index in [9.17, 15) is 4.79 Å². The van der Waals surface area contributed by atoms with Gasteiger partial charge in [-0.3, -0.25) is 4.79 Å². The summed E-state index contributed by atoms with van der Waals surface area (Å²) >= 11 is 5.93.